The van der Waals surface area contributed by atoms with Gasteiger partial charge in [0.25, 0.3) is 0 Å². The largest absolute Gasteiger partial charge is 0.392 e. The highest BCUT2D eigenvalue weighted by Gasteiger charge is 2.41. The van der Waals surface area contributed by atoms with Crippen LogP contribution in [0.15, 0.2) is 54.7 Å². The first-order valence-corrected chi connectivity index (χ1v) is 10.4. The van der Waals surface area contributed by atoms with E-state index in [0.717, 1.165) is 57.8 Å². The second-order valence-electron chi connectivity index (χ2n) is 8.37. The van der Waals surface area contributed by atoms with Crippen LogP contribution in [0.2, 0.25) is 0 Å². The molecule has 1 aromatic carbocycles. The summed E-state index contributed by atoms with van der Waals surface area (Å²) in [6.45, 7) is 4.48. The van der Waals surface area contributed by atoms with E-state index >= 15 is 0 Å². The first-order valence-electron chi connectivity index (χ1n) is 10.4. The van der Waals surface area contributed by atoms with Gasteiger partial charge in [-0.2, -0.15) is 5.26 Å². The Morgan fingerprint density at radius 3 is 2.76 bits per heavy atom. The third kappa shape index (κ3) is 4.84. The summed E-state index contributed by atoms with van der Waals surface area (Å²) in [6.07, 6.45) is 8.77. The fraction of sp³-hybridized carbons (Fsp3) is 0.417. The third-order valence-corrected chi connectivity index (χ3v) is 6.19. The van der Waals surface area contributed by atoms with Gasteiger partial charge in [0.15, 0.2) is 0 Å². The molecule has 0 saturated carbocycles. The Morgan fingerprint density at radius 2 is 2.00 bits per heavy atom. The lowest BCUT2D eigenvalue weighted by atomic mass is 9.71. The molecule has 1 unspecified atom stereocenters. The molecule has 2 fully saturated rings. The summed E-state index contributed by atoms with van der Waals surface area (Å²) in [5.41, 5.74) is 2.03. The molecule has 1 N–H and O–H groups in total. The van der Waals surface area contributed by atoms with Gasteiger partial charge in [-0.25, -0.2) is 4.98 Å². The van der Waals surface area contributed by atoms with Crippen molar-refractivity contribution in [1.82, 2.24) is 9.88 Å². The van der Waals surface area contributed by atoms with Crippen LogP contribution in [0.25, 0.3) is 6.08 Å². The monoisotopic (exact) mass is 388 g/mol. The molecule has 5 nitrogen and oxygen atoms in total. The zero-order valence-corrected chi connectivity index (χ0v) is 16.7. The Labute approximate surface area is 172 Å². The van der Waals surface area contributed by atoms with Crippen molar-refractivity contribution >= 4 is 11.9 Å². The highest BCUT2D eigenvalue weighted by Crippen LogP contribution is 2.40. The number of likely N-dealkylation sites (tertiary alicyclic amines) is 1. The highest BCUT2D eigenvalue weighted by atomic mass is 16.3. The van der Waals surface area contributed by atoms with Crippen LogP contribution in [0.1, 0.15) is 30.4 Å². The number of piperidine rings is 2. The Balaban J connectivity index is 1.37. The van der Waals surface area contributed by atoms with E-state index in [1.54, 1.807) is 12.3 Å². The molecule has 2 aromatic rings. The van der Waals surface area contributed by atoms with Gasteiger partial charge in [0.05, 0.1) is 17.7 Å². The summed E-state index contributed by atoms with van der Waals surface area (Å²) in [6, 6.07) is 16.1. The molecular formula is C24H28N4O. The van der Waals surface area contributed by atoms with Crippen molar-refractivity contribution in [3.8, 4) is 6.07 Å². The number of aliphatic hydroxyl groups is 1. The van der Waals surface area contributed by atoms with Crippen LogP contribution < -0.4 is 4.90 Å². The lowest BCUT2D eigenvalue weighted by Gasteiger charge is -2.49. The van der Waals surface area contributed by atoms with Crippen LogP contribution >= 0.6 is 0 Å². The molecule has 0 amide bonds. The van der Waals surface area contributed by atoms with E-state index in [2.05, 4.69) is 45.1 Å². The van der Waals surface area contributed by atoms with Crippen molar-refractivity contribution in [1.29, 1.82) is 5.26 Å². The summed E-state index contributed by atoms with van der Waals surface area (Å²) >= 11 is 0. The SMILES string of the molecule is N#Cc1ccnc(N2CCC3(CC2)CC(O)CN(C/C=C/c2ccccc2)C3)c1. The van der Waals surface area contributed by atoms with E-state index in [1.807, 2.05) is 24.3 Å². The van der Waals surface area contributed by atoms with Crippen molar-refractivity contribution in [2.75, 3.05) is 37.6 Å². The minimum Gasteiger partial charge on any atom is -0.392 e. The number of aromatic nitrogens is 1. The first-order chi connectivity index (χ1) is 14.2. The second-order valence-corrected chi connectivity index (χ2v) is 8.37. The fourth-order valence-corrected chi connectivity index (χ4v) is 4.74. The molecule has 1 spiro atoms. The standard InChI is InChI=1S/C24H28N4O/c25-17-21-8-11-26-23(15-21)28-13-9-24(10-14-28)16-22(29)18-27(19-24)12-4-7-20-5-2-1-3-6-20/h1-8,11,15,22,29H,9-10,12-14,16,18-19H2/b7-4+. The first kappa shape index (κ1) is 19.6. The van der Waals surface area contributed by atoms with Gasteiger partial charge in [0, 0.05) is 38.9 Å². The number of hydrogen-bond donors (Lipinski definition) is 1. The number of anilines is 1. The maximum Gasteiger partial charge on any atom is 0.129 e. The van der Waals surface area contributed by atoms with E-state index in [4.69, 9.17) is 5.26 Å². The zero-order chi connectivity index (χ0) is 20.1. The van der Waals surface area contributed by atoms with E-state index < -0.39 is 0 Å². The normalized spacial score (nSPS) is 22.1. The van der Waals surface area contributed by atoms with E-state index in [0.29, 0.717) is 5.56 Å². The topological polar surface area (TPSA) is 63.4 Å². The van der Waals surface area contributed by atoms with Gasteiger partial charge in [-0.3, -0.25) is 4.90 Å². The predicted molar refractivity (Wildman–Crippen MR) is 115 cm³/mol. The van der Waals surface area contributed by atoms with Crippen molar-refractivity contribution in [2.24, 2.45) is 5.41 Å². The molecule has 3 heterocycles. The molecule has 0 radical (unpaired) electrons. The van der Waals surface area contributed by atoms with Gasteiger partial charge in [-0.15, -0.1) is 0 Å². The van der Waals surface area contributed by atoms with Crippen molar-refractivity contribution < 1.29 is 5.11 Å². The van der Waals surface area contributed by atoms with Crippen molar-refractivity contribution in [3.63, 3.8) is 0 Å². The van der Waals surface area contributed by atoms with Crippen molar-refractivity contribution in [3.05, 3.63) is 65.9 Å². The van der Waals surface area contributed by atoms with Gasteiger partial charge in [0.2, 0.25) is 0 Å². The summed E-state index contributed by atoms with van der Waals surface area (Å²) in [7, 11) is 0. The minimum atomic E-state index is -0.263. The van der Waals surface area contributed by atoms with E-state index in [1.165, 1.54) is 5.56 Å². The van der Waals surface area contributed by atoms with Gasteiger partial charge >= 0.3 is 0 Å². The molecule has 1 aromatic heterocycles. The maximum absolute atomic E-state index is 10.5. The van der Waals surface area contributed by atoms with Crippen LogP contribution in [0.5, 0.6) is 0 Å². The molecule has 1 atom stereocenters. The third-order valence-electron chi connectivity index (χ3n) is 6.19. The number of hydrogen-bond acceptors (Lipinski definition) is 5. The van der Waals surface area contributed by atoms with Crippen LogP contribution in [-0.4, -0.2) is 53.8 Å². The molecule has 2 aliphatic rings. The molecule has 2 saturated heterocycles. The number of aliphatic hydroxyl groups excluding tert-OH is 1. The van der Waals surface area contributed by atoms with Crippen LogP contribution in [0.4, 0.5) is 5.82 Å². The summed E-state index contributed by atoms with van der Waals surface area (Å²) < 4.78 is 0. The number of benzene rings is 1. The second kappa shape index (κ2) is 8.77. The number of pyridine rings is 1. The Kier molecular flexibility index (Phi) is 5.94. The van der Waals surface area contributed by atoms with Gasteiger partial charge in [-0.1, -0.05) is 42.5 Å². The molecule has 5 heteroatoms. The molecule has 0 bridgehead atoms. The summed E-state index contributed by atoms with van der Waals surface area (Å²) in [5.74, 6) is 0.887. The minimum absolute atomic E-state index is 0.168. The molecular weight excluding hydrogens is 360 g/mol. The fourth-order valence-electron chi connectivity index (χ4n) is 4.74. The lowest BCUT2D eigenvalue weighted by Crippen LogP contribution is -2.53. The summed E-state index contributed by atoms with van der Waals surface area (Å²) in [4.78, 5) is 9.11. The maximum atomic E-state index is 10.5. The van der Waals surface area contributed by atoms with Crippen LogP contribution in [0, 0.1) is 16.7 Å². The Morgan fingerprint density at radius 1 is 1.21 bits per heavy atom. The van der Waals surface area contributed by atoms with Gasteiger partial charge in [-0.05, 0) is 42.4 Å². The average molecular weight is 389 g/mol. The quantitative estimate of drug-likeness (QED) is 0.871. The predicted octanol–water partition coefficient (Wildman–Crippen LogP) is 3.32. The number of rotatable bonds is 4. The lowest BCUT2D eigenvalue weighted by molar-refractivity contribution is -0.0171. The summed E-state index contributed by atoms with van der Waals surface area (Å²) in [5, 5.41) is 19.7. The highest BCUT2D eigenvalue weighted by molar-refractivity contribution is 5.49. The molecule has 0 aliphatic carbocycles. The molecule has 150 valence electrons. The molecule has 29 heavy (non-hydrogen) atoms. The van der Waals surface area contributed by atoms with E-state index in [9.17, 15) is 5.11 Å². The number of β-amino-alcohol motifs (C(OH)–C–C–N with tert-alkyl or cyclic N) is 1. The van der Waals surface area contributed by atoms with Gasteiger partial charge in [0.1, 0.15) is 5.82 Å². The Hall–Kier alpha value is -2.68. The van der Waals surface area contributed by atoms with Gasteiger partial charge < -0.3 is 10.0 Å². The van der Waals surface area contributed by atoms with E-state index in [-0.39, 0.29) is 11.5 Å². The molecule has 4 rings (SSSR count). The average Bonchev–Trinajstić information content (AvgIpc) is 2.74. The smallest absolute Gasteiger partial charge is 0.129 e. The Bertz CT molecular complexity index is 881. The molecule has 2 aliphatic heterocycles. The van der Waals surface area contributed by atoms with Crippen molar-refractivity contribution in [2.45, 2.75) is 25.4 Å². The van der Waals surface area contributed by atoms with Crippen LogP contribution in [0.3, 0.4) is 0 Å². The number of nitriles is 1. The zero-order valence-electron chi connectivity index (χ0n) is 16.7. The van der Waals surface area contributed by atoms with Crippen LogP contribution in [-0.2, 0) is 0 Å². The number of nitrogens with zero attached hydrogens (tertiary/aromatic N) is 4.